The van der Waals surface area contributed by atoms with Crippen LogP contribution in [0.2, 0.25) is 0 Å². The minimum absolute atomic E-state index is 0.0632. The fraction of sp³-hybridized carbons (Fsp3) is 0.357. The Balaban J connectivity index is 1.70. The molecule has 1 saturated heterocycles. The van der Waals surface area contributed by atoms with E-state index in [1.54, 1.807) is 11.8 Å². The van der Waals surface area contributed by atoms with E-state index in [2.05, 4.69) is 20.8 Å². The molecule has 1 atom stereocenters. The molecule has 1 fully saturated rings. The van der Waals surface area contributed by atoms with Crippen LogP contribution in [0, 0.1) is 0 Å². The van der Waals surface area contributed by atoms with Gasteiger partial charge in [-0.3, -0.25) is 4.79 Å². The molecule has 2 heterocycles. The number of carbonyl (C=O) groups is 1. The Bertz CT molecular complexity index is 637. The van der Waals surface area contributed by atoms with Gasteiger partial charge in [-0.05, 0) is 43.8 Å². The van der Waals surface area contributed by atoms with Crippen molar-refractivity contribution in [1.29, 1.82) is 0 Å². The Hall–Kier alpha value is -1.86. The maximum absolute atomic E-state index is 12.1. The predicted molar refractivity (Wildman–Crippen MR) is 80.5 cm³/mol. The second-order valence-electron chi connectivity index (χ2n) is 4.79. The van der Waals surface area contributed by atoms with Crippen LogP contribution >= 0.6 is 11.8 Å². The molecule has 1 aromatic heterocycles. The molecular formula is C14H16N4O2S. The van der Waals surface area contributed by atoms with Crippen molar-refractivity contribution in [3.8, 4) is 0 Å². The second-order valence-corrected chi connectivity index (χ2v) is 5.67. The number of hydrogen-bond acceptors (Lipinski definition) is 6. The predicted octanol–water partition coefficient (Wildman–Crippen LogP) is 2.47. The number of carbonyl (C=O) groups excluding carboxylic acids is 1. The van der Waals surface area contributed by atoms with E-state index in [9.17, 15) is 4.79 Å². The first-order chi connectivity index (χ1) is 10.3. The molecule has 1 aliphatic rings. The van der Waals surface area contributed by atoms with Crippen LogP contribution in [0.3, 0.4) is 0 Å². The number of nitrogens with zero attached hydrogens (tertiary/aromatic N) is 2. The number of hydrogen-bond donors (Lipinski definition) is 2. The van der Waals surface area contributed by atoms with Gasteiger partial charge in [0.2, 0.25) is 5.89 Å². The van der Waals surface area contributed by atoms with Gasteiger partial charge in [-0.1, -0.05) is 11.2 Å². The number of aromatic nitrogens is 2. The number of amides is 1. The van der Waals surface area contributed by atoms with E-state index in [-0.39, 0.29) is 17.8 Å². The van der Waals surface area contributed by atoms with E-state index in [1.165, 1.54) is 0 Å². The van der Waals surface area contributed by atoms with Crippen molar-refractivity contribution in [3.05, 3.63) is 36.0 Å². The van der Waals surface area contributed by atoms with Gasteiger partial charge in [0.05, 0.1) is 6.04 Å². The summed E-state index contributed by atoms with van der Waals surface area (Å²) < 4.78 is 5.16. The van der Waals surface area contributed by atoms with Crippen LogP contribution in [0.1, 0.15) is 35.4 Å². The van der Waals surface area contributed by atoms with Crippen molar-refractivity contribution in [1.82, 2.24) is 15.5 Å². The van der Waals surface area contributed by atoms with Gasteiger partial charge in [-0.2, -0.15) is 4.98 Å². The van der Waals surface area contributed by atoms with Gasteiger partial charge in [0.15, 0.2) is 0 Å². The van der Waals surface area contributed by atoms with E-state index in [0.29, 0.717) is 5.89 Å². The standard InChI is InChI=1S/C14H16N4O2S/c1-21-10-5-2-4-9(8-10)16-13(19)12-17-14(20-18-12)11-6-3-7-15-11/h2,4-5,8,11,15H,3,6-7H2,1H3,(H,16,19). The first-order valence-corrected chi connectivity index (χ1v) is 8.01. The van der Waals surface area contributed by atoms with Crippen LogP contribution in [0.25, 0.3) is 0 Å². The summed E-state index contributed by atoms with van der Waals surface area (Å²) in [6, 6.07) is 7.68. The molecule has 7 heteroatoms. The molecule has 2 aromatic rings. The highest BCUT2D eigenvalue weighted by atomic mass is 32.2. The normalized spacial score (nSPS) is 17.9. The Labute approximate surface area is 126 Å². The summed E-state index contributed by atoms with van der Waals surface area (Å²) in [5.74, 6) is 0.185. The summed E-state index contributed by atoms with van der Waals surface area (Å²) in [5.41, 5.74) is 0.720. The van der Waals surface area contributed by atoms with Crippen molar-refractivity contribution < 1.29 is 9.32 Å². The molecule has 3 rings (SSSR count). The Morgan fingerprint density at radius 1 is 1.52 bits per heavy atom. The molecule has 2 N–H and O–H groups in total. The molecule has 110 valence electrons. The van der Waals surface area contributed by atoms with Crippen molar-refractivity contribution in [2.75, 3.05) is 18.1 Å². The lowest BCUT2D eigenvalue weighted by Gasteiger charge is -2.04. The monoisotopic (exact) mass is 304 g/mol. The molecular weight excluding hydrogens is 288 g/mol. The van der Waals surface area contributed by atoms with Crippen LogP contribution in [0.5, 0.6) is 0 Å². The Morgan fingerprint density at radius 3 is 3.19 bits per heavy atom. The van der Waals surface area contributed by atoms with Gasteiger partial charge >= 0.3 is 0 Å². The zero-order valence-electron chi connectivity index (χ0n) is 11.6. The van der Waals surface area contributed by atoms with Gasteiger partial charge in [0.1, 0.15) is 0 Å². The lowest BCUT2D eigenvalue weighted by Crippen LogP contribution is -2.15. The third kappa shape index (κ3) is 3.25. The fourth-order valence-corrected chi connectivity index (χ4v) is 2.71. The maximum atomic E-state index is 12.1. The van der Waals surface area contributed by atoms with Crippen molar-refractivity contribution in [2.24, 2.45) is 0 Å². The van der Waals surface area contributed by atoms with Gasteiger partial charge in [0, 0.05) is 10.6 Å². The molecule has 0 saturated carbocycles. The lowest BCUT2D eigenvalue weighted by atomic mass is 10.2. The molecule has 0 radical (unpaired) electrons. The third-order valence-electron chi connectivity index (χ3n) is 3.33. The molecule has 0 spiro atoms. The minimum Gasteiger partial charge on any atom is -0.337 e. The van der Waals surface area contributed by atoms with Crippen LogP contribution in [0.4, 0.5) is 5.69 Å². The SMILES string of the molecule is CSc1cccc(NC(=O)c2noc(C3CCCN3)n2)c1. The van der Waals surface area contributed by atoms with Crippen LogP contribution in [-0.4, -0.2) is 28.8 Å². The highest BCUT2D eigenvalue weighted by Gasteiger charge is 2.24. The number of nitrogens with one attached hydrogen (secondary N) is 2. The quantitative estimate of drug-likeness (QED) is 0.845. The zero-order chi connectivity index (χ0) is 14.7. The van der Waals surface area contributed by atoms with Gasteiger partial charge in [-0.25, -0.2) is 0 Å². The van der Waals surface area contributed by atoms with Crippen LogP contribution in [0.15, 0.2) is 33.7 Å². The molecule has 6 nitrogen and oxygen atoms in total. The first-order valence-electron chi connectivity index (χ1n) is 6.78. The Morgan fingerprint density at radius 2 is 2.43 bits per heavy atom. The molecule has 21 heavy (non-hydrogen) atoms. The average molecular weight is 304 g/mol. The summed E-state index contributed by atoms with van der Waals surface area (Å²) in [5, 5.41) is 9.79. The maximum Gasteiger partial charge on any atom is 0.297 e. The fourth-order valence-electron chi connectivity index (χ4n) is 2.25. The summed E-state index contributed by atoms with van der Waals surface area (Å²) in [4.78, 5) is 17.4. The highest BCUT2D eigenvalue weighted by molar-refractivity contribution is 7.98. The average Bonchev–Trinajstić information content (AvgIpc) is 3.18. The number of benzene rings is 1. The van der Waals surface area contributed by atoms with Gasteiger partial charge in [0.25, 0.3) is 11.7 Å². The lowest BCUT2D eigenvalue weighted by molar-refractivity contribution is 0.101. The molecule has 0 aliphatic carbocycles. The number of anilines is 1. The number of rotatable bonds is 4. The summed E-state index contributed by atoms with van der Waals surface area (Å²) in [7, 11) is 0. The first kappa shape index (κ1) is 14.1. The molecule has 1 unspecified atom stereocenters. The third-order valence-corrected chi connectivity index (χ3v) is 4.06. The van der Waals surface area contributed by atoms with Gasteiger partial charge < -0.3 is 15.2 Å². The van der Waals surface area contributed by atoms with Crippen molar-refractivity contribution >= 4 is 23.4 Å². The summed E-state index contributed by atoms with van der Waals surface area (Å²) in [6.07, 6.45) is 4.02. The molecule has 1 amide bonds. The number of thioether (sulfide) groups is 1. The summed E-state index contributed by atoms with van der Waals surface area (Å²) >= 11 is 1.62. The van der Waals surface area contributed by atoms with E-state index in [0.717, 1.165) is 30.0 Å². The van der Waals surface area contributed by atoms with E-state index in [1.807, 2.05) is 30.5 Å². The second kappa shape index (κ2) is 6.28. The van der Waals surface area contributed by atoms with E-state index < -0.39 is 0 Å². The van der Waals surface area contributed by atoms with Gasteiger partial charge in [-0.15, -0.1) is 11.8 Å². The van der Waals surface area contributed by atoms with Crippen molar-refractivity contribution in [3.63, 3.8) is 0 Å². The minimum atomic E-state index is -0.360. The van der Waals surface area contributed by atoms with Crippen molar-refractivity contribution in [2.45, 2.75) is 23.8 Å². The summed E-state index contributed by atoms with van der Waals surface area (Å²) in [6.45, 7) is 0.941. The Kier molecular flexibility index (Phi) is 4.21. The van der Waals surface area contributed by atoms with E-state index in [4.69, 9.17) is 4.52 Å². The molecule has 1 aromatic carbocycles. The highest BCUT2D eigenvalue weighted by Crippen LogP contribution is 2.22. The molecule has 1 aliphatic heterocycles. The smallest absolute Gasteiger partial charge is 0.297 e. The molecule has 0 bridgehead atoms. The van der Waals surface area contributed by atoms with Crippen LogP contribution in [-0.2, 0) is 0 Å². The topological polar surface area (TPSA) is 80.0 Å². The van der Waals surface area contributed by atoms with Crippen LogP contribution < -0.4 is 10.6 Å². The van der Waals surface area contributed by atoms with E-state index >= 15 is 0 Å². The largest absolute Gasteiger partial charge is 0.337 e. The zero-order valence-corrected chi connectivity index (χ0v) is 12.4.